The zero-order chi connectivity index (χ0) is 104. The molecule has 0 aliphatic carbocycles. The van der Waals surface area contributed by atoms with Crippen molar-refractivity contribution in [3.8, 4) is 0 Å². The van der Waals surface area contributed by atoms with Crippen molar-refractivity contribution in [3.63, 3.8) is 0 Å². The number of thiazole rings is 9. The van der Waals surface area contributed by atoms with Gasteiger partial charge in [-0.25, -0.2) is 44.9 Å². The van der Waals surface area contributed by atoms with Gasteiger partial charge in [0, 0.05) is 25.2 Å². The molecule has 0 spiro atoms. The molecule has 0 fully saturated rings. The number of aromatic nitrogens is 9. The lowest BCUT2D eigenvalue weighted by atomic mass is 9.98. The van der Waals surface area contributed by atoms with Gasteiger partial charge in [0.15, 0.2) is 0 Å². The van der Waals surface area contributed by atoms with Gasteiger partial charge in [-0.1, -0.05) is 96.4 Å². The highest BCUT2D eigenvalue weighted by Crippen LogP contribution is 2.41. The van der Waals surface area contributed by atoms with Crippen molar-refractivity contribution < 1.29 is 43.2 Å². The molecule has 9 rings (SSSR count). The van der Waals surface area contributed by atoms with Crippen molar-refractivity contribution in [2.45, 2.75) is 340 Å². The summed E-state index contributed by atoms with van der Waals surface area (Å²) in [4.78, 5) is 184. The van der Waals surface area contributed by atoms with Crippen molar-refractivity contribution in [1.82, 2.24) is 87.4 Å². The second-order valence-electron chi connectivity index (χ2n) is 39.5. The molecule has 0 aliphatic heterocycles. The Morgan fingerprint density at radius 1 is 0.239 bits per heavy atom. The number of unbranched alkanes of at least 4 members (excludes halogenated alkanes) is 6. The van der Waals surface area contributed by atoms with Crippen LogP contribution in [0.1, 0.15) is 464 Å². The Bertz CT molecular complexity index is 5640. The molecule has 0 bridgehead atoms. The highest BCUT2D eigenvalue weighted by atomic mass is 32.1. The largest absolute Gasteiger partial charge is 0.365 e. The number of amides is 9. The highest BCUT2D eigenvalue weighted by molar-refractivity contribution is 7.16. The highest BCUT2D eigenvalue weighted by Gasteiger charge is 2.40. The molecule has 9 amide bonds. The first-order valence-electron chi connectivity index (χ1n) is 50.4. The minimum Gasteiger partial charge on any atom is -0.365 e. The molecule has 9 aromatic rings. The van der Waals surface area contributed by atoms with E-state index in [9.17, 15) is 14.4 Å². The Kier molecular flexibility index (Phi) is 47.1. The third-order valence-electron chi connectivity index (χ3n) is 23.6. The van der Waals surface area contributed by atoms with Gasteiger partial charge in [0.05, 0.1) is 145 Å². The predicted molar refractivity (Wildman–Crippen MR) is 578 cm³/mol. The van der Waals surface area contributed by atoms with Crippen LogP contribution < -0.4 is 82.7 Å². The van der Waals surface area contributed by atoms with Gasteiger partial charge in [-0.15, -0.1) is 102 Å². The Morgan fingerprint density at radius 2 is 0.458 bits per heavy atom. The topological polar surface area (TPSA) is 548 Å². The number of carbonyl (C=O) groups excluding carboxylic acids is 9. The quantitative estimate of drug-likeness (QED) is 0.0157. The van der Waals surface area contributed by atoms with Gasteiger partial charge >= 0.3 is 0 Å². The number of nitrogens with zero attached hydrogens (tertiary/aromatic N) is 9. The number of carbonyl (C=O) groups is 9. The number of primary amides is 1. The first kappa shape index (κ1) is 117. The van der Waals surface area contributed by atoms with Gasteiger partial charge in [0.25, 0.3) is 53.2 Å². The maximum Gasteiger partial charge on any atom is 0.263 e. The normalized spacial score (nSPS) is 13.8. The zero-order valence-corrected chi connectivity index (χ0v) is 93.6. The van der Waals surface area contributed by atoms with Gasteiger partial charge in [-0.2, -0.15) is 0 Å². The smallest absolute Gasteiger partial charge is 0.263 e. The number of nitrogens with one attached hydrogen (secondary N) is 8. The summed E-state index contributed by atoms with van der Waals surface area (Å²) in [7, 11) is 0. The van der Waals surface area contributed by atoms with E-state index < -0.39 is 95.6 Å². The summed E-state index contributed by atoms with van der Waals surface area (Å²) < 4.78 is 0. The summed E-state index contributed by atoms with van der Waals surface area (Å²) in [5.74, 6) is -3.71. The second-order valence-corrected chi connectivity index (χ2v) is 49.6. The molecule has 0 saturated heterocycles. The first-order valence-corrected chi connectivity index (χ1v) is 57.8. The van der Waals surface area contributed by atoms with Crippen LogP contribution in [0.25, 0.3) is 0 Å². The molecule has 0 saturated carbocycles. The van der Waals surface area contributed by atoms with Crippen LogP contribution in [-0.2, 0) is 38.5 Å². The van der Waals surface area contributed by atoms with Crippen LogP contribution in [0.3, 0.4) is 0 Å². The molecule has 42 heteroatoms. The lowest BCUT2D eigenvalue weighted by Crippen LogP contribution is -2.35. The summed E-state index contributed by atoms with van der Waals surface area (Å²) in [6.07, 6.45) is 14.4. The van der Waals surface area contributed by atoms with Crippen molar-refractivity contribution in [2.75, 3.05) is 39.3 Å². The van der Waals surface area contributed by atoms with Crippen LogP contribution in [-0.4, -0.2) is 137 Å². The van der Waals surface area contributed by atoms with E-state index in [0.717, 1.165) is 65.7 Å². The Morgan fingerprint density at radius 3 is 0.739 bits per heavy atom. The van der Waals surface area contributed by atoms with Crippen LogP contribution in [0.15, 0.2) is 0 Å². The molecule has 0 radical (unpaired) electrons. The third-order valence-corrected chi connectivity index (χ3v) is 33.3. The average molecular weight is 2130 g/mol. The summed E-state index contributed by atoms with van der Waals surface area (Å²) in [5.41, 5.74) is 45.8. The third kappa shape index (κ3) is 33.9. The summed E-state index contributed by atoms with van der Waals surface area (Å²) in [5, 5.41) is 32.2. The standard InChI is InChI=1S/C100H154N24O9S9/c1-50(2)44-65(116-96(129)84-74(111-60(17)134-84)56(13)32-20-26-38-101)80-90(138-68(119-80)35-23-29-41-104)94(127)109-58(15)76-85(141-72(123-76)48-54(9)10)97(130)115-64(34-22-28-40-103)79-88(136-62(19)113-79)100(133)118-67(46-52(5)6)82-91(139-70(121-82)37-25-31-43-106)95(128)110-59(16)77-86(142-73(124-77)49-55(11)12)98(131)114-63(33-21-27-39-102)78-87(135-61(18)112-78)99(132)117-66(45-51(3)4)81-89(137-69(120-81)36-24-30-42-105)93(126)108-57(14)75-83(92(107)125)140-71(122-75)47-53(7)8/h50-59,63-67H,20-49,101-106H2,1-19H3,(H2,107,125)(H,108,126)(H,109,127)(H,110,128)(H,114,131)(H,115,130)(H,116,129)(H,117,132)(H,118,133)/t56-,57-,58-,59-,63-,64-,65-,66-,67-/m0/s1. The second kappa shape index (κ2) is 57.1. The van der Waals surface area contributed by atoms with Crippen molar-refractivity contribution >= 4 is 155 Å². The van der Waals surface area contributed by atoms with Crippen molar-refractivity contribution in [2.24, 2.45) is 75.6 Å². The molecular formula is C100H154N24O9S9. The van der Waals surface area contributed by atoms with E-state index in [2.05, 4.69) is 105 Å². The van der Waals surface area contributed by atoms with Gasteiger partial charge < -0.3 is 82.7 Å². The fourth-order valence-corrected chi connectivity index (χ4v) is 26.6. The molecule has 33 nitrogen and oxygen atoms in total. The number of aryl methyl sites for hydroxylation is 6. The molecule has 142 heavy (non-hydrogen) atoms. The Balaban J connectivity index is 0.997. The van der Waals surface area contributed by atoms with Crippen molar-refractivity contribution in [1.29, 1.82) is 0 Å². The molecule has 22 N–H and O–H groups in total. The van der Waals surface area contributed by atoms with E-state index in [4.69, 9.17) is 85.0 Å². The van der Waals surface area contributed by atoms with E-state index in [0.29, 0.717) is 239 Å². The summed E-state index contributed by atoms with van der Waals surface area (Å²) >= 11 is 11.2. The lowest BCUT2D eigenvalue weighted by molar-refractivity contribution is 0.0907. The molecule has 9 aromatic heterocycles. The minimum absolute atomic E-state index is 0.000954. The average Bonchev–Trinajstić information content (AvgIpc) is 1.64. The van der Waals surface area contributed by atoms with Crippen molar-refractivity contribution in [3.05, 3.63) is 140 Å². The van der Waals surface area contributed by atoms with Crippen LogP contribution in [0, 0.1) is 56.3 Å². The predicted octanol–water partition coefficient (Wildman–Crippen LogP) is 17.7. The SMILES string of the molecule is Cc1nc([C@H](CCCCN)NC(=O)c2sc(CC(C)C)nc2[C@H](C)NC(=O)c2sc(CCCCN)nc2[C@H](CC(C)C)NC(=O)c2sc(C)nc2[C@H](CCCCN)NC(=O)c2sc(CC(C)C)nc2[C@H](C)NC(=O)c2sc(CCCCN)nc2[C@H](CC(C)C)NC(=O)c2sc(C)nc2[C@@H](C)CCCCN)c(C(=O)N[C@@H](CC(C)C)c2nc(CCCCN)sc2C(=O)N[C@@H](C)c2nc(CC(C)C)sc2C(N)=O)s1. The maximum absolute atomic E-state index is 15.7. The Hall–Kier alpha value is -8.34. The van der Waals surface area contributed by atoms with E-state index in [1.807, 2.05) is 34.6 Å². The summed E-state index contributed by atoms with van der Waals surface area (Å²) in [6.45, 7) is 40.3. The van der Waals surface area contributed by atoms with E-state index in [1.54, 1.807) is 34.6 Å². The molecule has 9 atom stereocenters. The van der Waals surface area contributed by atoms with Crippen LogP contribution >= 0.6 is 102 Å². The fourth-order valence-electron chi connectivity index (χ4n) is 16.9. The number of hydrogen-bond acceptors (Lipinski definition) is 33. The maximum atomic E-state index is 15.7. The van der Waals surface area contributed by atoms with Gasteiger partial charge in [0.2, 0.25) is 0 Å². The van der Waals surface area contributed by atoms with Gasteiger partial charge in [0.1, 0.15) is 43.9 Å². The van der Waals surface area contributed by atoms with Crippen LogP contribution in [0.4, 0.5) is 0 Å². The molecule has 0 unspecified atom stereocenters. The number of rotatable bonds is 62. The lowest BCUT2D eigenvalue weighted by Gasteiger charge is -2.23. The van der Waals surface area contributed by atoms with E-state index >= 15 is 28.8 Å². The van der Waals surface area contributed by atoms with Crippen LogP contribution in [0.5, 0.6) is 0 Å². The monoisotopic (exact) mass is 2120 g/mol. The first-order chi connectivity index (χ1) is 67.6. The molecule has 782 valence electrons. The van der Waals surface area contributed by atoms with Crippen LogP contribution in [0.2, 0.25) is 0 Å². The van der Waals surface area contributed by atoms with Gasteiger partial charge in [-0.05, 0) is 245 Å². The number of nitrogens with two attached hydrogens (primary N) is 7. The molecule has 0 aliphatic rings. The van der Waals surface area contributed by atoms with Gasteiger partial charge in [-0.3, -0.25) is 43.2 Å². The fraction of sp³-hybridized carbons (Fsp3) is 0.640. The van der Waals surface area contributed by atoms with E-state index in [1.165, 1.54) is 102 Å². The molecular weight excluding hydrogens is 1970 g/mol. The Labute approximate surface area is 874 Å². The summed E-state index contributed by atoms with van der Waals surface area (Å²) in [6, 6.07) is -6.39. The minimum atomic E-state index is -0.892. The number of hydrogen-bond donors (Lipinski definition) is 15. The molecule has 9 heterocycles. The van der Waals surface area contributed by atoms with E-state index in [-0.39, 0.29) is 76.6 Å². The molecule has 0 aromatic carbocycles. The zero-order valence-electron chi connectivity index (χ0n) is 86.3.